The second-order valence-electron chi connectivity index (χ2n) is 16.3. The Morgan fingerprint density at radius 3 is 2.29 bits per heavy atom. The molecule has 0 bridgehead atoms. The highest BCUT2D eigenvalue weighted by molar-refractivity contribution is 6.25. The van der Waals surface area contributed by atoms with E-state index in [0.29, 0.717) is 41.7 Å². The molecule has 5 amide bonds. The Kier molecular flexibility index (Phi) is 9.28. The van der Waals surface area contributed by atoms with Gasteiger partial charge in [-0.25, -0.2) is 0 Å². The average Bonchev–Trinajstić information content (AvgIpc) is 3.73. The monoisotopic (exact) mass is 796 g/mol. The van der Waals surface area contributed by atoms with Gasteiger partial charge in [-0.2, -0.15) is 17.7 Å². The summed E-state index contributed by atoms with van der Waals surface area (Å²) >= 11 is 0. The molecule has 0 radical (unpaired) electrons. The molecule has 5 heterocycles. The van der Waals surface area contributed by atoms with Gasteiger partial charge in [0, 0.05) is 59.5 Å². The van der Waals surface area contributed by atoms with Crippen molar-refractivity contribution in [2.45, 2.75) is 77.7 Å². The number of anilines is 1. The topological polar surface area (TPSA) is 168 Å². The molecule has 4 aliphatic rings. The van der Waals surface area contributed by atoms with Crippen molar-refractivity contribution in [1.29, 1.82) is 0 Å². The highest BCUT2D eigenvalue weighted by Crippen LogP contribution is 2.55. The van der Waals surface area contributed by atoms with Crippen LogP contribution in [0, 0.1) is 28.6 Å². The third-order valence-corrected chi connectivity index (χ3v) is 11.7. The number of ether oxygens (including phenoxy) is 1. The quantitative estimate of drug-likeness (QED) is 0.211. The number of fused-ring (bicyclic) bond motifs is 2. The van der Waals surface area contributed by atoms with Gasteiger partial charge in [-0.05, 0) is 61.7 Å². The fourth-order valence-electron chi connectivity index (χ4n) is 9.06. The molecule has 1 saturated carbocycles. The summed E-state index contributed by atoms with van der Waals surface area (Å²) in [6.07, 6.45) is -3.67. The minimum Gasteiger partial charge on any atom is -0.472 e. The van der Waals surface area contributed by atoms with Crippen molar-refractivity contribution in [3.05, 3.63) is 82.7 Å². The van der Waals surface area contributed by atoms with E-state index in [4.69, 9.17) is 4.74 Å². The molecule has 14 nitrogen and oxygen atoms in total. The van der Waals surface area contributed by atoms with Crippen LogP contribution in [0.3, 0.4) is 0 Å². The Labute approximate surface area is 330 Å². The summed E-state index contributed by atoms with van der Waals surface area (Å²) in [5.74, 6) is 2.92. The number of piperidine rings is 2. The second-order valence-corrected chi connectivity index (χ2v) is 16.3. The largest absolute Gasteiger partial charge is 0.472 e. The van der Waals surface area contributed by atoms with Crippen LogP contribution in [0.25, 0.3) is 5.65 Å². The number of carbonyl (C=O) groups is 5. The highest BCUT2D eigenvalue weighted by atomic mass is 19.4. The SMILES string of the molecule is CC1(C)[C@H](NC(=O)c2ccc(C#CC3CCN(c4cccc5c4C(=O)N(C4CCC(=O)NC4=O)C5=O)CC3)cc2)C(C)(C)[C@H]1Oc1ccc2nnc(C(F)(F)F)n2n1. The first-order valence-electron chi connectivity index (χ1n) is 18.9. The molecule has 2 saturated heterocycles. The van der Waals surface area contributed by atoms with Crippen molar-refractivity contribution in [2.75, 3.05) is 18.0 Å². The lowest BCUT2D eigenvalue weighted by Gasteiger charge is -2.62. The molecule has 0 spiro atoms. The van der Waals surface area contributed by atoms with Crippen molar-refractivity contribution in [1.82, 2.24) is 35.3 Å². The minimum absolute atomic E-state index is 0.0235. The average molecular weight is 797 g/mol. The van der Waals surface area contributed by atoms with Crippen LogP contribution in [0.15, 0.2) is 54.6 Å². The summed E-state index contributed by atoms with van der Waals surface area (Å²) in [6, 6.07) is 13.5. The number of imide groups is 2. The van der Waals surface area contributed by atoms with Gasteiger partial charge in [-0.1, -0.05) is 45.6 Å². The van der Waals surface area contributed by atoms with E-state index >= 15 is 0 Å². The molecule has 3 fully saturated rings. The maximum atomic E-state index is 13.6. The molecule has 1 unspecified atom stereocenters. The van der Waals surface area contributed by atoms with Crippen LogP contribution in [-0.4, -0.2) is 85.5 Å². The normalized spacial score (nSPS) is 22.8. The van der Waals surface area contributed by atoms with E-state index in [2.05, 4.69) is 42.7 Å². The summed E-state index contributed by atoms with van der Waals surface area (Å²) in [5.41, 5.74) is 1.04. The molecule has 300 valence electrons. The zero-order chi connectivity index (χ0) is 41.3. The summed E-state index contributed by atoms with van der Waals surface area (Å²) in [7, 11) is 0. The van der Waals surface area contributed by atoms with Crippen molar-refractivity contribution < 1.29 is 41.9 Å². The molecule has 1 atom stereocenters. The molecular weight excluding hydrogens is 757 g/mol. The Balaban J connectivity index is 0.868. The number of nitrogens with one attached hydrogen (secondary N) is 2. The second kappa shape index (κ2) is 14.0. The summed E-state index contributed by atoms with van der Waals surface area (Å²) in [6.45, 7) is 8.86. The first kappa shape index (κ1) is 38.6. The lowest BCUT2D eigenvalue weighted by Crippen LogP contribution is -2.74. The molecule has 8 rings (SSSR count). The van der Waals surface area contributed by atoms with Gasteiger partial charge in [-0.15, -0.1) is 15.3 Å². The first-order valence-corrected chi connectivity index (χ1v) is 18.9. The van der Waals surface area contributed by atoms with Crippen molar-refractivity contribution >= 4 is 40.9 Å². The van der Waals surface area contributed by atoms with Gasteiger partial charge in [0.2, 0.25) is 17.7 Å². The highest BCUT2D eigenvalue weighted by Gasteiger charge is 2.64. The molecular formula is C41H39F3N8O6. The number of rotatable bonds is 6. The Morgan fingerprint density at radius 1 is 0.914 bits per heavy atom. The lowest BCUT2D eigenvalue weighted by atomic mass is 9.49. The van der Waals surface area contributed by atoms with Crippen LogP contribution in [0.4, 0.5) is 18.9 Å². The molecule has 2 aromatic carbocycles. The third kappa shape index (κ3) is 6.59. The van der Waals surface area contributed by atoms with E-state index < -0.39 is 58.6 Å². The Hall–Kier alpha value is -6.31. The predicted molar refractivity (Wildman–Crippen MR) is 200 cm³/mol. The summed E-state index contributed by atoms with van der Waals surface area (Å²) in [5, 5.41) is 16.1. The van der Waals surface area contributed by atoms with Crippen molar-refractivity contribution in [2.24, 2.45) is 16.7 Å². The number of aromatic nitrogens is 4. The Bertz CT molecular complexity index is 2430. The molecule has 17 heteroatoms. The van der Waals surface area contributed by atoms with Crippen LogP contribution in [0.2, 0.25) is 0 Å². The van der Waals surface area contributed by atoms with E-state index in [-0.39, 0.29) is 53.4 Å². The number of hydrogen-bond acceptors (Lipinski definition) is 10. The third-order valence-electron chi connectivity index (χ3n) is 11.7. The zero-order valence-corrected chi connectivity index (χ0v) is 32.0. The number of alkyl halides is 3. The number of amides is 5. The molecule has 4 aromatic rings. The van der Waals surface area contributed by atoms with Crippen LogP contribution in [0.1, 0.15) is 95.8 Å². The Morgan fingerprint density at radius 2 is 1.62 bits per heavy atom. The number of nitrogens with zero attached hydrogens (tertiary/aromatic N) is 6. The molecule has 1 aliphatic carbocycles. The van der Waals surface area contributed by atoms with E-state index in [0.717, 1.165) is 10.5 Å². The van der Waals surface area contributed by atoms with Crippen LogP contribution < -0.4 is 20.3 Å². The van der Waals surface area contributed by atoms with Gasteiger partial charge in [0.1, 0.15) is 12.1 Å². The van der Waals surface area contributed by atoms with Crippen LogP contribution in [0.5, 0.6) is 5.88 Å². The smallest absolute Gasteiger partial charge is 0.453 e. The number of carbonyl (C=O) groups excluding carboxylic acids is 5. The fraction of sp³-hybridized carbons (Fsp3) is 0.415. The lowest BCUT2D eigenvalue weighted by molar-refractivity contribution is -0.166. The van der Waals surface area contributed by atoms with Gasteiger partial charge < -0.3 is 15.0 Å². The molecule has 58 heavy (non-hydrogen) atoms. The fourth-order valence-corrected chi connectivity index (χ4v) is 9.06. The van der Waals surface area contributed by atoms with E-state index in [1.54, 1.807) is 42.5 Å². The predicted octanol–water partition coefficient (Wildman–Crippen LogP) is 4.42. The standard InChI is InChI=1S/C41H39F3N8O6/c1-39(2)36(40(3,4)37(39)58-30-17-15-28-47-48-38(41(42,43)44)52(28)49-30)46-32(54)24-12-10-22(11-13-24)8-9-23-18-20-50(21-19-23)26-7-5-6-25-31(26)35(57)51(34(25)56)27-14-16-29(53)45-33(27)55/h5-7,10-13,15,17,23,27,36-37H,14,16,18-21H2,1-4H3,(H,46,54)(H,45,53,55)/t27?,36-,37-. The van der Waals surface area contributed by atoms with Gasteiger partial charge in [-0.3, -0.25) is 34.2 Å². The van der Waals surface area contributed by atoms with Gasteiger partial charge in [0.25, 0.3) is 23.5 Å². The number of halogens is 3. The maximum Gasteiger partial charge on any atom is 0.453 e. The summed E-state index contributed by atoms with van der Waals surface area (Å²) < 4.78 is 47.0. The van der Waals surface area contributed by atoms with Crippen LogP contribution in [-0.2, 0) is 15.8 Å². The van der Waals surface area contributed by atoms with Gasteiger partial charge in [0.05, 0.1) is 16.8 Å². The van der Waals surface area contributed by atoms with E-state index in [1.165, 1.54) is 12.1 Å². The zero-order valence-electron chi connectivity index (χ0n) is 32.0. The van der Waals surface area contributed by atoms with Crippen molar-refractivity contribution in [3.63, 3.8) is 0 Å². The summed E-state index contributed by atoms with van der Waals surface area (Å²) in [4.78, 5) is 67.5. The number of benzene rings is 2. The molecule has 2 aromatic heterocycles. The van der Waals surface area contributed by atoms with Gasteiger partial charge in [0.15, 0.2) is 5.65 Å². The minimum atomic E-state index is -4.74. The maximum absolute atomic E-state index is 13.6. The molecule has 3 aliphatic heterocycles. The van der Waals surface area contributed by atoms with E-state index in [1.807, 2.05) is 27.7 Å². The van der Waals surface area contributed by atoms with Crippen molar-refractivity contribution in [3.8, 4) is 17.7 Å². The van der Waals surface area contributed by atoms with Gasteiger partial charge >= 0.3 is 6.18 Å². The first-order chi connectivity index (χ1) is 27.4. The molecule has 2 N–H and O–H groups in total. The number of hydrogen-bond donors (Lipinski definition) is 2. The van der Waals surface area contributed by atoms with Crippen LogP contribution >= 0.6 is 0 Å². The van der Waals surface area contributed by atoms with E-state index in [9.17, 15) is 37.1 Å².